The van der Waals surface area contributed by atoms with Crippen LogP contribution in [0.4, 0.5) is 0 Å². The number of carbonyl (C=O) groups excluding carboxylic acids is 4. The molecule has 0 bridgehead atoms. The van der Waals surface area contributed by atoms with Gasteiger partial charge in [-0.2, -0.15) is 0 Å². The van der Waals surface area contributed by atoms with Gasteiger partial charge in [-0.05, 0) is 12.1 Å². The Hall–Kier alpha value is -2.41. The summed E-state index contributed by atoms with van der Waals surface area (Å²) in [6, 6.07) is 6.53. The van der Waals surface area contributed by atoms with Crippen LogP contribution in [-0.4, -0.2) is 76.9 Å². The Morgan fingerprint density at radius 3 is 1.79 bits per heavy atom. The topological polar surface area (TPSA) is 78.0 Å². The first kappa shape index (κ1) is 16.4. The van der Waals surface area contributed by atoms with Crippen LogP contribution < -0.4 is 0 Å². The van der Waals surface area contributed by atoms with E-state index < -0.39 is 11.8 Å². The van der Waals surface area contributed by atoms with Crippen LogP contribution in [0.5, 0.6) is 0 Å². The molecule has 0 N–H and O–H groups in total. The van der Waals surface area contributed by atoms with E-state index in [1.807, 2.05) is 0 Å². The molecule has 24 heavy (non-hydrogen) atoms. The Labute approximate surface area is 143 Å². The van der Waals surface area contributed by atoms with Crippen molar-refractivity contribution in [1.29, 1.82) is 0 Å². The van der Waals surface area contributed by atoms with Gasteiger partial charge in [0.1, 0.15) is 12.4 Å². The van der Waals surface area contributed by atoms with E-state index in [4.69, 9.17) is 11.6 Å². The van der Waals surface area contributed by atoms with E-state index in [2.05, 4.69) is 0 Å². The second kappa shape index (κ2) is 6.60. The van der Waals surface area contributed by atoms with Gasteiger partial charge in [-0.1, -0.05) is 12.1 Å². The van der Waals surface area contributed by atoms with Crippen LogP contribution in [0.3, 0.4) is 0 Å². The van der Waals surface area contributed by atoms with E-state index in [0.29, 0.717) is 37.3 Å². The highest BCUT2D eigenvalue weighted by molar-refractivity contribution is 6.27. The van der Waals surface area contributed by atoms with Crippen LogP contribution in [0.1, 0.15) is 20.7 Å². The molecule has 0 aliphatic carbocycles. The largest absolute Gasteiger partial charge is 0.338 e. The summed E-state index contributed by atoms with van der Waals surface area (Å²) >= 11 is 5.52. The number of alkyl halides is 1. The summed E-state index contributed by atoms with van der Waals surface area (Å²) in [6.45, 7) is 1.25. The maximum Gasteiger partial charge on any atom is 0.262 e. The lowest BCUT2D eigenvalue weighted by molar-refractivity contribution is -0.138. The van der Waals surface area contributed by atoms with Crippen LogP contribution in [0.15, 0.2) is 24.3 Å². The van der Waals surface area contributed by atoms with Crippen molar-refractivity contribution < 1.29 is 19.2 Å². The van der Waals surface area contributed by atoms with Gasteiger partial charge in [-0.15, -0.1) is 11.6 Å². The quantitative estimate of drug-likeness (QED) is 0.576. The third-order valence-electron chi connectivity index (χ3n) is 4.27. The van der Waals surface area contributed by atoms with Crippen LogP contribution >= 0.6 is 11.6 Å². The SMILES string of the molecule is O=C(CCl)N1CCN(C(=O)CN2C(=O)c3ccccc3C2=O)CC1. The highest BCUT2D eigenvalue weighted by Gasteiger charge is 2.37. The molecule has 7 nitrogen and oxygen atoms in total. The zero-order valence-corrected chi connectivity index (χ0v) is 13.7. The van der Waals surface area contributed by atoms with Crippen molar-refractivity contribution in [1.82, 2.24) is 14.7 Å². The molecule has 1 aromatic rings. The average molecular weight is 350 g/mol. The number of carbonyl (C=O) groups is 4. The lowest BCUT2D eigenvalue weighted by Crippen LogP contribution is -2.53. The fourth-order valence-electron chi connectivity index (χ4n) is 2.91. The van der Waals surface area contributed by atoms with Gasteiger partial charge in [0, 0.05) is 26.2 Å². The number of benzene rings is 1. The summed E-state index contributed by atoms with van der Waals surface area (Å²) in [4.78, 5) is 52.6. The number of hydrogen-bond donors (Lipinski definition) is 0. The predicted octanol–water partition coefficient (Wildman–Crippen LogP) is 0.192. The highest BCUT2D eigenvalue weighted by Crippen LogP contribution is 2.22. The molecule has 2 aliphatic heterocycles. The summed E-state index contributed by atoms with van der Waals surface area (Å²) in [5, 5.41) is 0. The lowest BCUT2D eigenvalue weighted by atomic mass is 10.1. The fourth-order valence-corrected chi connectivity index (χ4v) is 3.08. The molecule has 1 saturated heterocycles. The summed E-state index contributed by atoms with van der Waals surface area (Å²) in [7, 11) is 0. The second-order valence-electron chi connectivity index (χ2n) is 5.64. The van der Waals surface area contributed by atoms with Gasteiger partial charge in [-0.3, -0.25) is 24.1 Å². The normalized spacial score (nSPS) is 17.3. The molecule has 2 aliphatic rings. The molecule has 0 unspecified atom stereocenters. The number of halogens is 1. The Kier molecular flexibility index (Phi) is 4.53. The van der Waals surface area contributed by atoms with Crippen molar-refractivity contribution in [3.63, 3.8) is 0 Å². The van der Waals surface area contributed by atoms with E-state index >= 15 is 0 Å². The van der Waals surface area contributed by atoms with E-state index in [1.165, 1.54) is 0 Å². The molecule has 0 saturated carbocycles. The Morgan fingerprint density at radius 2 is 1.33 bits per heavy atom. The average Bonchev–Trinajstić information content (AvgIpc) is 2.86. The van der Waals surface area contributed by atoms with E-state index in [1.54, 1.807) is 34.1 Å². The molecule has 4 amide bonds. The van der Waals surface area contributed by atoms with Crippen molar-refractivity contribution >= 4 is 35.2 Å². The van der Waals surface area contributed by atoms with Gasteiger partial charge >= 0.3 is 0 Å². The molecule has 8 heteroatoms. The summed E-state index contributed by atoms with van der Waals surface area (Å²) in [6.07, 6.45) is 0. The molecular formula is C16H16ClN3O4. The minimum Gasteiger partial charge on any atom is -0.338 e. The Balaban J connectivity index is 1.62. The van der Waals surface area contributed by atoms with E-state index in [-0.39, 0.29) is 24.2 Å². The van der Waals surface area contributed by atoms with Gasteiger partial charge in [0.15, 0.2) is 0 Å². The summed E-state index contributed by atoms with van der Waals surface area (Å²) in [5.74, 6) is -1.44. The molecule has 3 rings (SSSR count). The molecule has 0 aromatic heterocycles. The third kappa shape index (κ3) is 2.87. The zero-order chi connectivity index (χ0) is 17.3. The van der Waals surface area contributed by atoms with E-state index in [0.717, 1.165) is 4.90 Å². The molecule has 0 atom stereocenters. The summed E-state index contributed by atoms with van der Waals surface area (Å²) < 4.78 is 0. The van der Waals surface area contributed by atoms with Crippen LogP contribution in [0, 0.1) is 0 Å². The van der Waals surface area contributed by atoms with Crippen LogP contribution in [-0.2, 0) is 9.59 Å². The monoisotopic (exact) mass is 349 g/mol. The van der Waals surface area contributed by atoms with Crippen molar-refractivity contribution in [2.45, 2.75) is 0 Å². The molecule has 0 spiro atoms. The molecule has 1 aromatic carbocycles. The smallest absolute Gasteiger partial charge is 0.262 e. The van der Waals surface area contributed by atoms with Crippen molar-refractivity contribution in [3.05, 3.63) is 35.4 Å². The van der Waals surface area contributed by atoms with Gasteiger partial charge in [-0.25, -0.2) is 0 Å². The van der Waals surface area contributed by atoms with Gasteiger partial charge in [0.05, 0.1) is 11.1 Å². The van der Waals surface area contributed by atoms with Crippen LogP contribution in [0.25, 0.3) is 0 Å². The molecule has 1 fully saturated rings. The summed E-state index contributed by atoms with van der Waals surface area (Å²) in [5.41, 5.74) is 0.653. The zero-order valence-electron chi connectivity index (χ0n) is 12.9. The Bertz CT molecular complexity index is 678. The van der Waals surface area contributed by atoms with Crippen molar-refractivity contribution in [2.75, 3.05) is 38.6 Å². The molecule has 126 valence electrons. The first-order valence-electron chi connectivity index (χ1n) is 7.59. The number of nitrogens with zero attached hydrogens (tertiary/aromatic N) is 3. The van der Waals surface area contributed by atoms with Gasteiger partial charge < -0.3 is 9.80 Å². The third-order valence-corrected chi connectivity index (χ3v) is 4.50. The number of rotatable bonds is 3. The van der Waals surface area contributed by atoms with Crippen molar-refractivity contribution in [3.8, 4) is 0 Å². The number of amides is 4. The fraction of sp³-hybridized carbons (Fsp3) is 0.375. The molecular weight excluding hydrogens is 334 g/mol. The minimum atomic E-state index is -0.445. The maximum atomic E-state index is 12.4. The lowest BCUT2D eigenvalue weighted by Gasteiger charge is -2.35. The number of fused-ring (bicyclic) bond motifs is 1. The van der Waals surface area contributed by atoms with Gasteiger partial charge in [0.2, 0.25) is 11.8 Å². The predicted molar refractivity (Wildman–Crippen MR) is 85.7 cm³/mol. The highest BCUT2D eigenvalue weighted by atomic mass is 35.5. The molecule has 2 heterocycles. The number of hydrogen-bond acceptors (Lipinski definition) is 4. The first-order chi connectivity index (χ1) is 11.5. The standard InChI is InChI=1S/C16H16ClN3O4/c17-9-13(21)18-5-7-19(8-6-18)14(22)10-20-15(23)11-3-1-2-4-12(11)16(20)24/h1-4H,5-10H2. The number of imide groups is 1. The van der Waals surface area contributed by atoms with Crippen molar-refractivity contribution in [2.24, 2.45) is 0 Å². The Morgan fingerprint density at radius 1 is 0.875 bits per heavy atom. The van der Waals surface area contributed by atoms with E-state index in [9.17, 15) is 19.2 Å². The minimum absolute atomic E-state index is 0.0804. The van der Waals surface area contributed by atoms with Crippen LogP contribution in [0.2, 0.25) is 0 Å². The number of piperazine rings is 1. The second-order valence-corrected chi connectivity index (χ2v) is 5.90. The first-order valence-corrected chi connectivity index (χ1v) is 8.13. The van der Waals surface area contributed by atoms with Gasteiger partial charge in [0.25, 0.3) is 11.8 Å². The molecule has 0 radical (unpaired) electrons. The maximum absolute atomic E-state index is 12.4.